The Morgan fingerprint density at radius 2 is 2.12 bits per heavy atom. The number of likely N-dealkylation sites (N-methyl/N-ethyl adjacent to an activating group) is 1. The maximum absolute atomic E-state index is 9.76. The van der Waals surface area contributed by atoms with Gasteiger partial charge in [-0.05, 0) is 38.7 Å². The molecule has 0 amide bonds. The molecule has 0 heterocycles. The number of nitrogens with zero attached hydrogens (tertiary/aromatic N) is 1. The third kappa shape index (κ3) is 5.64. The summed E-state index contributed by atoms with van der Waals surface area (Å²) in [6.07, 6.45) is -0.334. The lowest BCUT2D eigenvalue weighted by molar-refractivity contribution is 0.132. The van der Waals surface area contributed by atoms with Crippen molar-refractivity contribution in [1.82, 2.24) is 10.2 Å². The summed E-state index contributed by atoms with van der Waals surface area (Å²) in [5.41, 5.74) is 1.22. The van der Waals surface area contributed by atoms with Gasteiger partial charge >= 0.3 is 0 Å². The van der Waals surface area contributed by atoms with Crippen LogP contribution in [0.2, 0.25) is 0 Å². The fourth-order valence-corrected chi connectivity index (χ4v) is 2.11. The van der Waals surface area contributed by atoms with Gasteiger partial charge in [0, 0.05) is 23.6 Å². The molecule has 4 heteroatoms. The van der Waals surface area contributed by atoms with Crippen LogP contribution in [0, 0.1) is 0 Å². The zero-order valence-electron chi connectivity index (χ0n) is 10.7. The second kappa shape index (κ2) is 7.11. The van der Waals surface area contributed by atoms with Crippen LogP contribution >= 0.6 is 15.9 Å². The first kappa shape index (κ1) is 14.6. The van der Waals surface area contributed by atoms with Gasteiger partial charge in [-0.1, -0.05) is 28.1 Å². The second-order valence-corrected chi connectivity index (χ2v) is 5.52. The SMILES string of the molecule is C[C@@H](NCC(O)CN(C)C)c1cccc(Br)c1. The molecule has 0 bridgehead atoms. The van der Waals surface area contributed by atoms with Crippen molar-refractivity contribution in [2.75, 3.05) is 27.2 Å². The minimum atomic E-state index is -0.334. The molecule has 1 aromatic carbocycles. The monoisotopic (exact) mass is 300 g/mol. The zero-order valence-corrected chi connectivity index (χ0v) is 12.2. The molecule has 96 valence electrons. The molecule has 1 rings (SSSR count). The summed E-state index contributed by atoms with van der Waals surface area (Å²) in [5.74, 6) is 0. The predicted octanol–water partition coefficient (Wildman–Crippen LogP) is 2.02. The van der Waals surface area contributed by atoms with Gasteiger partial charge in [0.2, 0.25) is 0 Å². The van der Waals surface area contributed by atoms with Crippen LogP contribution in [0.25, 0.3) is 0 Å². The smallest absolute Gasteiger partial charge is 0.0791 e. The predicted molar refractivity (Wildman–Crippen MR) is 75.1 cm³/mol. The Labute approximate surface area is 112 Å². The van der Waals surface area contributed by atoms with E-state index in [1.807, 2.05) is 31.1 Å². The van der Waals surface area contributed by atoms with Crippen LogP contribution in [0.1, 0.15) is 18.5 Å². The summed E-state index contributed by atoms with van der Waals surface area (Å²) >= 11 is 3.46. The number of benzene rings is 1. The van der Waals surface area contributed by atoms with E-state index in [0.717, 1.165) is 4.47 Å². The van der Waals surface area contributed by atoms with Gasteiger partial charge in [-0.15, -0.1) is 0 Å². The summed E-state index contributed by atoms with van der Waals surface area (Å²) in [7, 11) is 3.92. The van der Waals surface area contributed by atoms with Crippen molar-refractivity contribution in [3.05, 3.63) is 34.3 Å². The van der Waals surface area contributed by atoms with E-state index in [4.69, 9.17) is 0 Å². The second-order valence-electron chi connectivity index (χ2n) is 4.60. The van der Waals surface area contributed by atoms with Crippen molar-refractivity contribution in [2.24, 2.45) is 0 Å². The third-order valence-electron chi connectivity index (χ3n) is 2.58. The molecule has 0 fully saturated rings. The molecular formula is C13H21BrN2O. The van der Waals surface area contributed by atoms with Gasteiger partial charge in [0.05, 0.1) is 6.10 Å². The molecule has 17 heavy (non-hydrogen) atoms. The lowest BCUT2D eigenvalue weighted by Gasteiger charge is -2.20. The van der Waals surface area contributed by atoms with Crippen LogP contribution in [0.4, 0.5) is 0 Å². The summed E-state index contributed by atoms with van der Waals surface area (Å²) in [5, 5.41) is 13.1. The van der Waals surface area contributed by atoms with Crippen LogP contribution < -0.4 is 5.32 Å². The Bertz CT molecular complexity index is 344. The van der Waals surface area contributed by atoms with E-state index in [2.05, 4.69) is 40.3 Å². The molecule has 0 saturated carbocycles. The number of hydrogen-bond acceptors (Lipinski definition) is 3. The molecule has 3 nitrogen and oxygen atoms in total. The molecule has 0 radical (unpaired) electrons. The van der Waals surface area contributed by atoms with Gasteiger partial charge in [0.15, 0.2) is 0 Å². The average molecular weight is 301 g/mol. The molecule has 0 aromatic heterocycles. The zero-order chi connectivity index (χ0) is 12.8. The van der Waals surface area contributed by atoms with Crippen LogP contribution in [0.5, 0.6) is 0 Å². The first-order valence-electron chi connectivity index (χ1n) is 5.80. The van der Waals surface area contributed by atoms with Gasteiger partial charge < -0.3 is 15.3 Å². The lowest BCUT2D eigenvalue weighted by Crippen LogP contribution is -2.36. The number of hydrogen-bond donors (Lipinski definition) is 2. The van der Waals surface area contributed by atoms with Crippen molar-refractivity contribution in [2.45, 2.75) is 19.1 Å². The van der Waals surface area contributed by atoms with Gasteiger partial charge in [-0.2, -0.15) is 0 Å². The first-order valence-corrected chi connectivity index (χ1v) is 6.60. The third-order valence-corrected chi connectivity index (χ3v) is 3.08. The van der Waals surface area contributed by atoms with Gasteiger partial charge in [0.25, 0.3) is 0 Å². The van der Waals surface area contributed by atoms with Crippen molar-refractivity contribution >= 4 is 15.9 Å². The molecule has 0 aliphatic rings. The molecule has 2 atom stereocenters. The maximum atomic E-state index is 9.76. The number of aliphatic hydroxyl groups is 1. The number of nitrogens with one attached hydrogen (secondary N) is 1. The highest BCUT2D eigenvalue weighted by Crippen LogP contribution is 2.17. The van der Waals surface area contributed by atoms with E-state index in [1.54, 1.807) is 0 Å². The minimum absolute atomic E-state index is 0.240. The summed E-state index contributed by atoms with van der Waals surface area (Å²) < 4.78 is 1.08. The molecule has 0 spiro atoms. The minimum Gasteiger partial charge on any atom is -0.390 e. The van der Waals surface area contributed by atoms with Crippen molar-refractivity contribution < 1.29 is 5.11 Å². The molecule has 1 aromatic rings. The van der Waals surface area contributed by atoms with Crippen LogP contribution in [0.3, 0.4) is 0 Å². The van der Waals surface area contributed by atoms with Crippen molar-refractivity contribution in [3.8, 4) is 0 Å². The Hall–Kier alpha value is -0.420. The largest absolute Gasteiger partial charge is 0.390 e. The molecule has 0 aliphatic carbocycles. The highest BCUT2D eigenvalue weighted by atomic mass is 79.9. The quantitative estimate of drug-likeness (QED) is 0.844. The highest BCUT2D eigenvalue weighted by Gasteiger charge is 2.09. The van der Waals surface area contributed by atoms with Gasteiger partial charge in [0.1, 0.15) is 0 Å². The fourth-order valence-electron chi connectivity index (χ4n) is 1.69. The molecule has 0 aliphatic heterocycles. The van der Waals surface area contributed by atoms with E-state index in [1.165, 1.54) is 5.56 Å². The van der Waals surface area contributed by atoms with E-state index in [0.29, 0.717) is 13.1 Å². The molecular weight excluding hydrogens is 280 g/mol. The summed E-state index contributed by atoms with van der Waals surface area (Å²) in [4.78, 5) is 1.98. The Morgan fingerprint density at radius 1 is 1.41 bits per heavy atom. The van der Waals surface area contributed by atoms with Crippen LogP contribution in [-0.4, -0.2) is 43.3 Å². The highest BCUT2D eigenvalue weighted by molar-refractivity contribution is 9.10. The number of rotatable bonds is 6. The standard InChI is InChI=1S/C13H21BrN2O/c1-10(11-5-4-6-12(14)7-11)15-8-13(17)9-16(2)3/h4-7,10,13,15,17H,8-9H2,1-3H3/t10-,13?/m1/s1. The molecule has 1 unspecified atom stereocenters. The van der Waals surface area contributed by atoms with Crippen LogP contribution in [-0.2, 0) is 0 Å². The number of aliphatic hydroxyl groups excluding tert-OH is 1. The Morgan fingerprint density at radius 3 is 2.71 bits per heavy atom. The molecule has 0 saturated heterocycles. The molecule has 2 N–H and O–H groups in total. The first-order chi connectivity index (χ1) is 7.99. The van der Waals surface area contributed by atoms with Crippen LogP contribution in [0.15, 0.2) is 28.7 Å². The topological polar surface area (TPSA) is 35.5 Å². The fraction of sp³-hybridized carbons (Fsp3) is 0.538. The van der Waals surface area contributed by atoms with E-state index < -0.39 is 0 Å². The van der Waals surface area contributed by atoms with Gasteiger partial charge in [-0.3, -0.25) is 0 Å². The lowest BCUT2D eigenvalue weighted by atomic mass is 10.1. The normalized spacial score (nSPS) is 14.9. The van der Waals surface area contributed by atoms with E-state index in [-0.39, 0.29) is 12.1 Å². The summed E-state index contributed by atoms with van der Waals surface area (Å²) in [6.45, 7) is 3.38. The Balaban J connectivity index is 2.42. The van der Waals surface area contributed by atoms with Crippen molar-refractivity contribution in [1.29, 1.82) is 0 Å². The van der Waals surface area contributed by atoms with E-state index in [9.17, 15) is 5.11 Å². The number of halogens is 1. The maximum Gasteiger partial charge on any atom is 0.0791 e. The Kier molecular flexibility index (Phi) is 6.12. The summed E-state index contributed by atoms with van der Waals surface area (Å²) in [6, 6.07) is 8.45. The average Bonchev–Trinajstić information content (AvgIpc) is 2.25. The van der Waals surface area contributed by atoms with E-state index >= 15 is 0 Å². The van der Waals surface area contributed by atoms with Crippen molar-refractivity contribution in [3.63, 3.8) is 0 Å². The van der Waals surface area contributed by atoms with Gasteiger partial charge in [-0.25, -0.2) is 0 Å².